The molecule has 0 saturated carbocycles. The summed E-state index contributed by atoms with van der Waals surface area (Å²) in [7, 11) is 0. The summed E-state index contributed by atoms with van der Waals surface area (Å²) in [6.07, 6.45) is 1.44. The van der Waals surface area contributed by atoms with Crippen LogP contribution in [0.3, 0.4) is 0 Å². The van der Waals surface area contributed by atoms with Crippen LogP contribution < -0.4 is 4.74 Å². The number of hydrogen-bond donors (Lipinski definition) is 0. The molecule has 0 N–H and O–H groups in total. The molecule has 0 aromatic heterocycles. The maximum absolute atomic E-state index is 12.2. The van der Waals surface area contributed by atoms with Crippen molar-refractivity contribution in [2.24, 2.45) is 0 Å². The molecule has 0 radical (unpaired) electrons. The number of amides is 1. The van der Waals surface area contributed by atoms with Crippen LogP contribution in [0.15, 0.2) is 18.2 Å². The molecule has 22 heavy (non-hydrogen) atoms. The van der Waals surface area contributed by atoms with E-state index in [2.05, 4.69) is 0 Å². The molecule has 1 aliphatic heterocycles. The first-order valence-electron chi connectivity index (χ1n) is 7.78. The minimum Gasteiger partial charge on any atom is -0.493 e. The molecule has 2 rings (SSSR count). The third kappa shape index (κ3) is 4.89. The lowest BCUT2D eigenvalue weighted by Crippen LogP contribution is -2.48. The summed E-state index contributed by atoms with van der Waals surface area (Å²) in [5, 5.41) is 0.704. The number of carbonyl (C=O) groups excluding carboxylic acids is 1. The molecule has 0 bridgehead atoms. The van der Waals surface area contributed by atoms with Crippen molar-refractivity contribution in [2.75, 3.05) is 19.7 Å². The van der Waals surface area contributed by atoms with E-state index in [0.717, 1.165) is 11.3 Å². The van der Waals surface area contributed by atoms with Crippen LogP contribution in [-0.2, 0) is 9.53 Å². The average molecular weight is 326 g/mol. The van der Waals surface area contributed by atoms with Gasteiger partial charge in [-0.2, -0.15) is 0 Å². The van der Waals surface area contributed by atoms with Crippen molar-refractivity contribution in [1.82, 2.24) is 4.90 Å². The molecule has 0 unspecified atom stereocenters. The van der Waals surface area contributed by atoms with E-state index in [9.17, 15) is 4.79 Å². The summed E-state index contributed by atoms with van der Waals surface area (Å²) in [5.74, 6) is 1.00. The number of ether oxygens (including phenoxy) is 2. The molecule has 1 amide bonds. The van der Waals surface area contributed by atoms with Crippen molar-refractivity contribution in [1.29, 1.82) is 0 Å². The molecule has 2 atom stereocenters. The van der Waals surface area contributed by atoms with Crippen molar-refractivity contribution in [2.45, 2.75) is 45.8 Å². The number of morpholine rings is 1. The number of hydrogen-bond acceptors (Lipinski definition) is 3. The van der Waals surface area contributed by atoms with Gasteiger partial charge in [-0.3, -0.25) is 4.79 Å². The summed E-state index contributed by atoms with van der Waals surface area (Å²) in [6.45, 7) is 7.86. The van der Waals surface area contributed by atoms with E-state index in [1.807, 2.05) is 43.9 Å². The van der Waals surface area contributed by atoms with E-state index in [1.165, 1.54) is 0 Å². The van der Waals surface area contributed by atoms with Crippen molar-refractivity contribution >= 4 is 17.5 Å². The Morgan fingerprint density at radius 2 is 2.05 bits per heavy atom. The van der Waals surface area contributed by atoms with Gasteiger partial charge in [-0.25, -0.2) is 0 Å². The maximum Gasteiger partial charge on any atom is 0.222 e. The Balaban J connectivity index is 1.73. The van der Waals surface area contributed by atoms with Gasteiger partial charge >= 0.3 is 0 Å². The summed E-state index contributed by atoms with van der Waals surface area (Å²) < 4.78 is 11.4. The van der Waals surface area contributed by atoms with Gasteiger partial charge in [0.25, 0.3) is 0 Å². The fourth-order valence-corrected chi connectivity index (χ4v) is 2.95. The molecule has 1 aliphatic rings. The first kappa shape index (κ1) is 17.1. The lowest BCUT2D eigenvalue weighted by molar-refractivity contribution is -0.143. The number of carbonyl (C=O) groups is 1. The Kier molecular flexibility index (Phi) is 6.09. The first-order valence-corrected chi connectivity index (χ1v) is 8.15. The number of benzene rings is 1. The Morgan fingerprint density at radius 1 is 1.36 bits per heavy atom. The molecule has 1 saturated heterocycles. The zero-order chi connectivity index (χ0) is 16.1. The Hall–Kier alpha value is -1.26. The third-order valence-electron chi connectivity index (χ3n) is 3.70. The molecule has 5 heteroatoms. The van der Waals surface area contributed by atoms with Gasteiger partial charge < -0.3 is 14.4 Å². The molecule has 0 aliphatic carbocycles. The van der Waals surface area contributed by atoms with Gasteiger partial charge in [0.05, 0.1) is 18.8 Å². The zero-order valence-corrected chi connectivity index (χ0v) is 14.2. The van der Waals surface area contributed by atoms with Crippen LogP contribution in [0.4, 0.5) is 0 Å². The summed E-state index contributed by atoms with van der Waals surface area (Å²) in [6, 6.07) is 5.55. The molecular weight excluding hydrogens is 302 g/mol. The maximum atomic E-state index is 12.2. The van der Waals surface area contributed by atoms with E-state index < -0.39 is 0 Å². The van der Waals surface area contributed by atoms with Crippen molar-refractivity contribution in [3.05, 3.63) is 28.8 Å². The van der Waals surface area contributed by atoms with Crippen LogP contribution in [0.2, 0.25) is 5.02 Å². The number of aryl methyl sites for hydroxylation is 1. The highest BCUT2D eigenvalue weighted by molar-refractivity contribution is 6.30. The topological polar surface area (TPSA) is 38.8 Å². The van der Waals surface area contributed by atoms with Crippen LogP contribution in [0, 0.1) is 6.92 Å². The largest absolute Gasteiger partial charge is 0.493 e. The minimum atomic E-state index is 0.112. The predicted molar refractivity (Wildman–Crippen MR) is 87.5 cm³/mol. The molecule has 122 valence electrons. The van der Waals surface area contributed by atoms with Crippen LogP contribution in [0.1, 0.15) is 32.3 Å². The van der Waals surface area contributed by atoms with Gasteiger partial charge in [0.2, 0.25) is 5.91 Å². The van der Waals surface area contributed by atoms with E-state index in [0.29, 0.717) is 37.6 Å². The zero-order valence-electron chi connectivity index (χ0n) is 13.5. The Labute approximate surface area is 137 Å². The third-order valence-corrected chi connectivity index (χ3v) is 3.94. The van der Waals surface area contributed by atoms with Gasteiger partial charge in [0.1, 0.15) is 5.75 Å². The molecule has 1 aromatic carbocycles. The Morgan fingerprint density at radius 3 is 2.68 bits per heavy atom. The molecule has 0 spiro atoms. The van der Waals surface area contributed by atoms with Crippen LogP contribution in [0.25, 0.3) is 0 Å². The highest BCUT2D eigenvalue weighted by Gasteiger charge is 2.25. The molecule has 1 aromatic rings. The van der Waals surface area contributed by atoms with Gasteiger partial charge in [0.15, 0.2) is 0 Å². The highest BCUT2D eigenvalue weighted by Crippen LogP contribution is 2.22. The van der Waals surface area contributed by atoms with Gasteiger partial charge in [-0.15, -0.1) is 0 Å². The van der Waals surface area contributed by atoms with Crippen molar-refractivity contribution < 1.29 is 14.3 Å². The number of halogens is 1. The highest BCUT2D eigenvalue weighted by atomic mass is 35.5. The SMILES string of the molecule is Cc1cc(Cl)ccc1OCCCC(=O)N1C[C@@H](C)O[C@H](C)C1. The standard InChI is InChI=1S/C17H24ClNO3/c1-12-9-15(18)6-7-16(12)21-8-4-5-17(20)19-10-13(2)22-14(3)11-19/h6-7,9,13-14H,4-5,8,10-11H2,1-3H3/t13-,14-/m1/s1. The quantitative estimate of drug-likeness (QED) is 0.778. The monoisotopic (exact) mass is 325 g/mol. The summed E-state index contributed by atoms with van der Waals surface area (Å²) >= 11 is 5.91. The van der Waals surface area contributed by atoms with E-state index in [4.69, 9.17) is 21.1 Å². The lowest BCUT2D eigenvalue weighted by atomic mass is 10.2. The molecular formula is C17H24ClNO3. The van der Waals surface area contributed by atoms with Crippen LogP contribution in [0.5, 0.6) is 5.75 Å². The smallest absolute Gasteiger partial charge is 0.222 e. The van der Waals surface area contributed by atoms with E-state index in [-0.39, 0.29) is 18.1 Å². The number of rotatable bonds is 5. The van der Waals surface area contributed by atoms with Crippen LogP contribution in [-0.4, -0.2) is 42.7 Å². The minimum absolute atomic E-state index is 0.112. The van der Waals surface area contributed by atoms with Crippen molar-refractivity contribution in [3.63, 3.8) is 0 Å². The van der Waals surface area contributed by atoms with Gasteiger partial charge in [-0.05, 0) is 51.0 Å². The Bertz CT molecular complexity index is 511. The second kappa shape index (κ2) is 7.84. The number of nitrogens with zero attached hydrogens (tertiary/aromatic N) is 1. The summed E-state index contributed by atoms with van der Waals surface area (Å²) in [4.78, 5) is 14.1. The molecule has 1 heterocycles. The second-order valence-electron chi connectivity index (χ2n) is 5.92. The lowest BCUT2D eigenvalue weighted by Gasteiger charge is -2.35. The molecule has 4 nitrogen and oxygen atoms in total. The van der Waals surface area contributed by atoms with Gasteiger partial charge in [0, 0.05) is 24.5 Å². The first-order chi connectivity index (χ1) is 10.5. The molecule has 1 fully saturated rings. The van der Waals surface area contributed by atoms with Crippen LogP contribution >= 0.6 is 11.6 Å². The van der Waals surface area contributed by atoms with Gasteiger partial charge in [-0.1, -0.05) is 11.6 Å². The van der Waals surface area contributed by atoms with Crippen molar-refractivity contribution in [3.8, 4) is 5.75 Å². The predicted octanol–water partition coefficient (Wildman–Crippen LogP) is 3.44. The van der Waals surface area contributed by atoms with E-state index in [1.54, 1.807) is 0 Å². The summed E-state index contributed by atoms with van der Waals surface area (Å²) in [5.41, 5.74) is 1.01. The second-order valence-corrected chi connectivity index (χ2v) is 6.35. The fraction of sp³-hybridized carbons (Fsp3) is 0.588. The normalized spacial score (nSPS) is 21.7. The fourth-order valence-electron chi connectivity index (χ4n) is 2.72. The average Bonchev–Trinajstić information content (AvgIpc) is 2.44. The van der Waals surface area contributed by atoms with E-state index >= 15 is 0 Å².